The zero-order valence-corrected chi connectivity index (χ0v) is 30.9. The van der Waals surface area contributed by atoms with Crippen LogP contribution in [-0.4, -0.2) is 0 Å². The van der Waals surface area contributed by atoms with Gasteiger partial charge in [-0.15, -0.1) is 0 Å². The molecule has 0 bridgehead atoms. The molecule has 2 atom stereocenters. The highest BCUT2D eigenvalue weighted by atomic mass is 127. The SMILES string of the molecule is CC(C)(C)c1ccc(-c2cc(-c3cc4ccccc4o3)c3c4c2C=CC2C(c5cc6ccccc6o5)=CC(c5ccc([I-])cc5)=C(C=C3)C42)cc1. The Hall–Kier alpha value is -5.13. The molecule has 0 N–H and O–H groups in total. The van der Waals surface area contributed by atoms with Gasteiger partial charge in [-0.1, -0.05) is 130 Å². The lowest BCUT2D eigenvalue weighted by atomic mass is 9.62. The number of rotatable bonds is 4. The van der Waals surface area contributed by atoms with Crippen LogP contribution in [0.25, 0.3) is 67.7 Å². The van der Waals surface area contributed by atoms with E-state index in [4.69, 9.17) is 8.83 Å². The van der Waals surface area contributed by atoms with Gasteiger partial charge in [0.15, 0.2) is 0 Å². The molecule has 5 aromatic carbocycles. The molecule has 0 spiro atoms. The summed E-state index contributed by atoms with van der Waals surface area (Å²) in [6.45, 7) is 6.82. The monoisotopic (exact) mass is 770 g/mol. The summed E-state index contributed by atoms with van der Waals surface area (Å²) in [6, 6.07) is 41.5. The largest absolute Gasteiger partial charge is 0.759 e. The van der Waals surface area contributed by atoms with E-state index in [1.54, 1.807) is 0 Å². The van der Waals surface area contributed by atoms with Gasteiger partial charge in [-0.2, -0.15) is 3.57 Å². The molecular formula is C48H35IO2-. The van der Waals surface area contributed by atoms with Gasteiger partial charge in [0.25, 0.3) is 0 Å². The molecule has 51 heavy (non-hydrogen) atoms. The molecule has 1 radical (unpaired) electrons. The van der Waals surface area contributed by atoms with E-state index in [0.29, 0.717) is 0 Å². The summed E-state index contributed by atoms with van der Waals surface area (Å²) < 4.78 is 14.5. The van der Waals surface area contributed by atoms with Crippen LogP contribution >= 0.6 is 0 Å². The second-order valence-electron chi connectivity index (χ2n) is 15.0. The Balaban J connectivity index is 1.25. The lowest BCUT2D eigenvalue weighted by Crippen LogP contribution is -3.34. The van der Waals surface area contributed by atoms with Crippen LogP contribution < -0.4 is 22.6 Å². The molecule has 2 heterocycles. The van der Waals surface area contributed by atoms with Crippen LogP contribution in [0.3, 0.4) is 0 Å². The van der Waals surface area contributed by atoms with Crippen LogP contribution in [0.4, 0.5) is 0 Å². The fraction of sp³-hybridized carbons (Fsp3) is 0.125. The standard InChI is InChI=1S/C48H35IO2/c1-48(2,3)32-16-12-28(13-17-32)38-26-40(44-24-30-8-4-6-10-42(30)50-44)36-23-21-35-39(29-14-18-33(49)19-15-29)27-41(37-22-20-34(38)46(36)47(35)37)45-25-31-9-5-7-11-43(31)51-45/h4-27,37,47H,1-3H3/q-1. The van der Waals surface area contributed by atoms with E-state index in [0.717, 1.165) is 39.0 Å². The average Bonchev–Trinajstić information content (AvgIpc) is 3.78. The number of hydrogen-bond donors (Lipinski definition) is 0. The molecule has 10 rings (SSSR count). The molecule has 0 amide bonds. The number of hydrogen-bond acceptors (Lipinski definition) is 2. The van der Waals surface area contributed by atoms with Crippen molar-refractivity contribution >= 4 is 45.2 Å². The zero-order valence-electron chi connectivity index (χ0n) is 28.7. The maximum absolute atomic E-state index is 6.63. The first-order chi connectivity index (χ1) is 24.8. The summed E-state index contributed by atoms with van der Waals surface area (Å²) in [7, 11) is 0. The van der Waals surface area contributed by atoms with Crippen molar-refractivity contribution in [2.24, 2.45) is 5.92 Å². The van der Waals surface area contributed by atoms with Crippen molar-refractivity contribution in [1.82, 2.24) is 0 Å². The second-order valence-corrected chi connectivity index (χ2v) is 16.3. The third-order valence-electron chi connectivity index (χ3n) is 10.9. The van der Waals surface area contributed by atoms with Crippen molar-refractivity contribution in [1.29, 1.82) is 0 Å². The Kier molecular flexibility index (Phi) is 6.88. The summed E-state index contributed by atoms with van der Waals surface area (Å²) in [4.78, 5) is 0. The van der Waals surface area contributed by atoms with Crippen LogP contribution in [0.1, 0.15) is 60.3 Å². The zero-order chi connectivity index (χ0) is 34.4. The van der Waals surface area contributed by atoms with Crippen molar-refractivity contribution in [2.75, 3.05) is 0 Å². The van der Waals surface area contributed by atoms with Gasteiger partial charge in [0.1, 0.15) is 22.7 Å². The van der Waals surface area contributed by atoms with E-state index in [9.17, 15) is 0 Å². The minimum Gasteiger partial charge on any atom is -0.759 e. The number of furan rings is 2. The summed E-state index contributed by atoms with van der Waals surface area (Å²) in [5.74, 6) is 2.03. The molecule has 247 valence electrons. The van der Waals surface area contributed by atoms with Gasteiger partial charge >= 0.3 is 0 Å². The van der Waals surface area contributed by atoms with Gasteiger partial charge in [0, 0.05) is 33.7 Å². The Morgan fingerprint density at radius 1 is 0.608 bits per heavy atom. The van der Waals surface area contributed by atoms with Crippen LogP contribution in [0, 0.1) is 9.49 Å². The molecule has 3 heteroatoms. The topological polar surface area (TPSA) is 26.3 Å². The number of fused-ring (bicyclic) bond motifs is 2. The molecule has 2 unspecified atom stereocenters. The van der Waals surface area contributed by atoms with Crippen molar-refractivity contribution < 1.29 is 31.4 Å². The third kappa shape index (κ3) is 4.97. The fourth-order valence-electron chi connectivity index (χ4n) is 8.37. The van der Waals surface area contributed by atoms with Crippen LogP contribution in [0.2, 0.25) is 0 Å². The van der Waals surface area contributed by atoms with Crippen molar-refractivity contribution in [3.8, 4) is 22.5 Å². The van der Waals surface area contributed by atoms with Gasteiger partial charge in [-0.3, -0.25) is 0 Å². The first-order valence-corrected chi connectivity index (χ1v) is 18.8. The molecule has 0 aliphatic heterocycles. The number of benzene rings is 5. The molecule has 2 aromatic heterocycles. The predicted molar refractivity (Wildman–Crippen MR) is 206 cm³/mol. The van der Waals surface area contributed by atoms with Gasteiger partial charge in [-0.25, -0.2) is 0 Å². The summed E-state index contributed by atoms with van der Waals surface area (Å²) >= 11 is 2.39. The maximum Gasteiger partial charge on any atom is 0.136 e. The van der Waals surface area contributed by atoms with E-state index >= 15 is 0 Å². The normalized spacial score (nSPS) is 17.7. The summed E-state index contributed by atoms with van der Waals surface area (Å²) in [5, 5.41) is 2.23. The van der Waals surface area contributed by atoms with Crippen LogP contribution in [0.5, 0.6) is 0 Å². The van der Waals surface area contributed by atoms with E-state index in [-0.39, 0.29) is 17.3 Å². The van der Waals surface area contributed by atoms with Gasteiger partial charge in [-0.05, 0) is 91.9 Å². The minimum absolute atomic E-state index is 0.0765. The first kappa shape index (κ1) is 30.7. The quantitative estimate of drug-likeness (QED) is 0.167. The number of halogens is 1. The Morgan fingerprint density at radius 3 is 1.92 bits per heavy atom. The highest BCUT2D eigenvalue weighted by Crippen LogP contribution is 2.57. The lowest BCUT2D eigenvalue weighted by molar-refractivity contribution is -0.328. The second kappa shape index (κ2) is 11.4. The van der Waals surface area contributed by atoms with Crippen molar-refractivity contribution in [3.63, 3.8) is 0 Å². The molecule has 0 saturated heterocycles. The van der Waals surface area contributed by atoms with Gasteiger partial charge in [0.05, 0.1) is 0 Å². The molecule has 3 aliphatic carbocycles. The average molecular weight is 771 g/mol. The smallest absolute Gasteiger partial charge is 0.136 e. The molecule has 3 aliphatic rings. The molecule has 7 aromatic rings. The van der Waals surface area contributed by atoms with Crippen molar-refractivity contribution in [2.45, 2.75) is 32.1 Å². The molecular weight excluding hydrogens is 735 g/mol. The Bertz CT molecular complexity index is 2600. The van der Waals surface area contributed by atoms with Crippen LogP contribution in [-0.2, 0) is 5.41 Å². The van der Waals surface area contributed by atoms with E-state index in [2.05, 4.69) is 177 Å². The van der Waals surface area contributed by atoms with Gasteiger partial charge < -0.3 is 31.4 Å². The van der Waals surface area contributed by atoms with Gasteiger partial charge in [0.2, 0.25) is 0 Å². The summed E-state index contributed by atoms with van der Waals surface area (Å²) in [6.07, 6.45) is 11.9. The highest BCUT2D eigenvalue weighted by molar-refractivity contribution is 6.00. The Labute approximate surface area is 311 Å². The van der Waals surface area contributed by atoms with E-state index in [1.807, 2.05) is 12.1 Å². The number of para-hydroxylation sites is 2. The first-order valence-electron chi connectivity index (χ1n) is 17.7. The van der Waals surface area contributed by atoms with E-state index < -0.39 is 0 Å². The summed E-state index contributed by atoms with van der Waals surface area (Å²) in [5.41, 5.74) is 15.7. The molecule has 2 nitrogen and oxygen atoms in total. The fourth-order valence-corrected chi connectivity index (χ4v) is 8.73. The van der Waals surface area contributed by atoms with Crippen molar-refractivity contribution in [3.05, 3.63) is 176 Å². The van der Waals surface area contributed by atoms with Crippen LogP contribution in [0.15, 0.2) is 148 Å². The third-order valence-corrected chi connectivity index (χ3v) is 11.7. The highest BCUT2D eigenvalue weighted by Gasteiger charge is 2.41. The number of allylic oxidation sites excluding steroid dienone is 6. The Morgan fingerprint density at radius 2 is 1.24 bits per heavy atom. The minimum atomic E-state index is 0.0765. The predicted octanol–water partition coefficient (Wildman–Crippen LogP) is 9.84. The lowest BCUT2D eigenvalue weighted by Gasteiger charge is -2.40. The van der Waals surface area contributed by atoms with E-state index in [1.165, 1.54) is 59.2 Å². The molecule has 0 fully saturated rings. The molecule has 0 saturated carbocycles. The maximum atomic E-state index is 6.63.